The molecule has 0 radical (unpaired) electrons. The predicted octanol–water partition coefficient (Wildman–Crippen LogP) is 4.41. The van der Waals surface area contributed by atoms with E-state index in [2.05, 4.69) is 65.0 Å². The number of carbonyl (C=O) groups is 5. The molecular weight excluding hydrogens is 1070 g/mol. The van der Waals surface area contributed by atoms with Crippen LogP contribution < -0.4 is 31.3 Å². The largest absolute Gasteiger partial charge is 0.504 e. The number of aromatic hydroxyl groups is 1. The normalized spacial score (nSPS) is 28.2. The Kier molecular flexibility index (Phi) is 17.8. The molecule has 3 saturated carbocycles. The second-order valence-corrected chi connectivity index (χ2v) is 25.3. The van der Waals surface area contributed by atoms with E-state index in [4.69, 9.17) is 14.2 Å². The summed E-state index contributed by atoms with van der Waals surface area (Å²) in [5.41, 5.74) is 1.16. The Hall–Kier alpha value is -5.81. The Morgan fingerprint density at radius 1 is 0.783 bits per heavy atom. The van der Waals surface area contributed by atoms with E-state index in [-0.39, 0.29) is 107 Å². The summed E-state index contributed by atoms with van der Waals surface area (Å²) in [6.45, 7) is 6.29. The third-order valence-electron chi connectivity index (χ3n) is 19.5. The van der Waals surface area contributed by atoms with Gasteiger partial charge >= 0.3 is 0 Å². The Bertz CT molecular complexity index is 2810. The number of benzene rings is 2. The number of likely N-dealkylation sites (tertiary alicyclic amines) is 1. The molecule has 20 nitrogen and oxygen atoms in total. The van der Waals surface area contributed by atoms with Gasteiger partial charge < -0.3 is 55.6 Å². The molecule has 6 fully saturated rings. The van der Waals surface area contributed by atoms with Crippen LogP contribution in [0.1, 0.15) is 157 Å². The smallest absolute Gasteiger partial charge is 0.248 e. The van der Waals surface area contributed by atoms with Crippen molar-refractivity contribution in [2.75, 3.05) is 65.7 Å². The molecule has 8 atom stereocenters. The first-order chi connectivity index (χ1) is 40.0. The Morgan fingerprint density at radius 2 is 1.45 bits per heavy atom. The average molecular weight is 1160 g/mol. The van der Waals surface area contributed by atoms with Crippen molar-refractivity contribution in [1.29, 1.82) is 0 Å². The average Bonchev–Trinajstić information content (AvgIpc) is 2.08. The minimum Gasteiger partial charge on any atom is -0.504 e. The first-order valence-corrected chi connectivity index (χ1v) is 30.7. The maximum atomic E-state index is 13.9. The molecule has 5 heterocycles. The number of phenolic OH excluding ortho intramolecular Hbond substituents is 1. The molecule has 22 heteroatoms. The SMILES string of the molecule is CC(C)c1nnc(CCNC(=O)COCC(=O)NCCCNC(=O)COCC(=O)N[C@@H]2CC[C@@]3(O)[C@H]4Cc5ccc(O)c6c5[C@@]3(CCN4CC3CC3)[C@H]2O6)n1C1CC2CCC(C1)N2CC[C@H](NC(=O)C1CCC(F)(F)CC1)c1ccccc1. The lowest BCUT2D eigenvalue weighted by atomic mass is 9.48. The summed E-state index contributed by atoms with van der Waals surface area (Å²) in [5, 5.41) is 47.5. The standard InChI is InChI=1S/C61H84F2N10O10/c1-37(2)57-70-69-49(73(57)44-30-42-12-13-43(31-44)72(42)27-19-45(39-7-4-3-5-8-39)68-58(79)40-15-20-59(62,63)21-16-40)18-26-66-52(77)35-81-33-50(75)64-24-6-25-65-51(76)34-82-36-53(78)67-46-17-22-61(80)48-29-41-11-14-47(74)55-54(41)60(61,56(46)83-55)23-28-71(48)32-38-9-10-38/h3-5,7-8,11,14,37-38,40,42-46,48,56,74,80H,6,9-10,12-13,15-36H2,1-2H3,(H,64,75)(H,65,76)(H,66,77)(H,67,78)(H,68,79)/t42?,43?,44?,45-,46+,48+,56-,60-,61+/m0/s1. The molecule has 1 spiro atoms. The van der Waals surface area contributed by atoms with E-state index in [9.17, 15) is 43.0 Å². The van der Waals surface area contributed by atoms with E-state index in [0.717, 1.165) is 73.7 Å². The van der Waals surface area contributed by atoms with Crippen molar-refractivity contribution in [3.05, 3.63) is 70.8 Å². The molecule has 1 aromatic heterocycles. The number of nitrogens with zero attached hydrogens (tertiary/aromatic N) is 5. The first-order valence-electron chi connectivity index (χ1n) is 30.7. The minimum absolute atomic E-state index is 0.0390. The van der Waals surface area contributed by atoms with Crippen LogP contribution in [0.4, 0.5) is 8.78 Å². The van der Waals surface area contributed by atoms with Gasteiger partial charge in [0.05, 0.1) is 23.1 Å². The lowest BCUT2D eigenvalue weighted by molar-refractivity contribution is -0.192. The summed E-state index contributed by atoms with van der Waals surface area (Å²) < 4.78 is 47.5. The van der Waals surface area contributed by atoms with Crippen molar-refractivity contribution >= 4 is 29.5 Å². The van der Waals surface area contributed by atoms with Gasteiger partial charge in [0.2, 0.25) is 35.5 Å². The van der Waals surface area contributed by atoms with E-state index in [0.29, 0.717) is 75.2 Å². The first kappa shape index (κ1) is 58.9. The Morgan fingerprint density at radius 3 is 2.11 bits per heavy atom. The number of alkyl halides is 2. The van der Waals surface area contributed by atoms with E-state index < -0.39 is 52.7 Å². The van der Waals surface area contributed by atoms with Crippen molar-refractivity contribution < 1.29 is 57.2 Å². The number of rotatable bonds is 26. The van der Waals surface area contributed by atoms with Crippen LogP contribution >= 0.6 is 0 Å². The molecule has 4 aliphatic heterocycles. The zero-order valence-electron chi connectivity index (χ0n) is 48.1. The number of fused-ring (bicyclic) bond motifs is 2. The number of aliphatic hydroxyl groups is 1. The number of hydrogen-bond acceptors (Lipinski definition) is 14. The van der Waals surface area contributed by atoms with E-state index in [1.54, 1.807) is 6.07 Å². The molecular formula is C61H84F2N10O10. The van der Waals surface area contributed by atoms with Gasteiger partial charge in [-0.2, -0.15) is 0 Å². The fourth-order valence-electron chi connectivity index (χ4n) is 15.4. The minimum atomic E-state index is -2.69. The number of phenols is 1. The lowest BCUT2D eigenvalue weighted by Crippen LogP contribution is -2.78. The van der Waals surface area contributed by atoms with Crippen LogP contribution in [0.15, 0.2) is 42.5 Å². The van der Waals surface area contributed by atoms with Gasteiger partial charge in [0.1, 0.15) is 44.2 Å². The van der Waals surface area contributed by atoms with Crippen LogP contribution in [0, 0.1) is 11.8 Å². The summed E-state index contributed by atoms with van der Waals surface area (Å²) in [6, 6.07) is 13.7. The molecule has 7 N–H and O–H groups in total. The van der Waals surface area contributed by atoms with Gasteiger partial charge in [0, 0.05) is 93.6 Å². The van der Waals surface area contributed by atoms with Crippen LogP contribution in [0.25, 0.3) is 0 Å². The summed E-state index contributed by atoms with van der Waals surface area (Å²) in [5.74, 6) is -1.85. The highest BCUT2D eigenvalue weighted by atomic mass is 19.3. The van der Waals surface area contributed by atoms with Crippen molar-refractivity contribution in [3.8, 4) is 11.5 Å². The van der Waals surface area contributed by atoms with Crippen LogP contribution in [0.2, 0.25) is 0 Å². The molecule has 4 bridgehead atoms. The topological polar surface area (TPSA) is 251 Å². The quantitative estimate of drug-likeness (QED) is 0.0551. The number of carbonyl (C=O) groups excluding carboxylic acids is 5. The number of aromatic nitrogens is 3. The number of halogens is 2. The summed E-state index contributed by atoms with van der Waals surface area (Å²) in [6.07, 6.45) is 9.68. The van der Waals surface area contributed by atoms with E-state index in [1.807, 2.05) is 36.4 Å². The summed E-state index contributed by atoms with van der Waals surface area (Å²) in [4.78, 5) is 69.6. The summed E-state index contributed by atoms with van der Waals surface area (Å²) >= 11 is 0. The zero-order valence-corrected chi connectivity index (χ0v) is 48.1. The maximum absolute atomic E-state index is 13.9. The van der Waals surface area contributed by atoms with Gasteiger partial charge in [-0.1, -0.05) is 50.2 Å². The zero-order chi connectivity index (χ0) is 58.0. The van der Waals surface area contributed by atoms with Crippen molar-refractivity contribution in [2.45, 2.75) is 188 Å². The molecule has 8 aliphatic rings. The van der Waals surface area contributed by atoms with Crippen molar-refractivity contribution in [2.24, 2.45) is 11.8 Å². The molecule has 4 aliphatic carbocycles. The molecule has 3 saturated heterocycles. The van der Waals surface area contributed by atoms with Gasteiger partial charge in [-0.25, -0.2) is 8.78 Å². The summed E-state index contributed by atoms with van der Waals surface area (Å²) in [7, 11) is 0. The van der Waals surface area contributed by atoms with Crippen LogP contribution in [0.5, 0.6) is 11.5 Å². The fraction of sp³-hybridized carbons (Fsp3) is 0.689. The van der Waals surface area contributed by atoms with Gasteiger partial charge in [0.25, 0.3) is 0 Å². The van der Waals surface area contributed by atoms with E-state index in [1.165, 1.54) is 12.8 Å². The van der Waals surface area contributed by atoms with Crippen molar-refractivity contribution in [1.82, 2.24) is 51.1 Å². The molecule has 11 rings (SSSR count). The number of hydrogen-bond donors (Lipinski definition) is 7. The van der Waals surface area contributed by atoms with Crippen LogP contribution in [0.3, 0.4) is 0 Å². The number of amides is 5. The van der Waals surface area contributed by atoms with Gasteiger partial charge in [0.15, 0.2) is 11.5 Å². The van der Waals surface area contributed by atoms with Gasteiger partial charge in [-0.05, 0) is 120 Å². The van der Waals surface area contributed by atoms with Crippen molar-refractivity contribution in [3.63, 3.8) is 0 Å². The lowest BCUT2D eigenvalue weighted by Gasteiger charge is -2.64. The van der Waals surface area contributed by atoms with Gasteiger partial charge in [-0.15, -0.1) is 10.2 Å². The highest BCUT2D eigenvalue weighted by molar-refractivity contribution is 5.81. The predicted molar refractivity (Wildman–Crippen MR) is 300 cm³/mol. The number of piperidine rings is 2. The monoisotopic (exact) mass is 1150 g/mol. The highest BCUT2D eigenvalue weighted by Crippen LogP contribution is 2.65. The molecule has 3 aromatic rings. The maximum Gasteiger partial charge on any atom is 0.248 e. The van der Waals surface area contributed by atoms with Crippen LogP contribution in [-0.2, 0) is 51.7 Å². The Labute approximate surface area is 484 Å². The third kappa shape index (κ3) is 12.6. The fourth-order valence-corrected chi connectivity index (χ4v) is 15.4. The number of ether oxygens (including phenoxy) is 3. The van der Waals surface area contributed by atoms with Gasteiger partial charge in [-0.3, -0.25) is 33.8 Å². The van der Waals surface area contributed by atoms with Crippen LogP contribution in [-0.4, -0.2) is 172 Å². The molecule has 83 heavy (non-hydrogen) atoms. The molecule has 5 amide bonds. The molecule has 2 aromatic carbocycles. The number of nitrogens with one attached hydrogen (secondary N) is 5. The third-order valence-corrected chi connectivity index (χ3v) is 19.5. The highest BCUT2D eigenvalue weighted by Gasteiger charge is 2.73. The molecule has 2 unspecified atom stereocenters. The second kappa shape index (κ2) is 25.0. The molecule has 452 valence electrons. The van der Waals surface area contributed by atoms with E-state index >= 15 is 0 Å². The Balaban J connectivity index is 0.557. The second-order valence-electron chi connectivity index (χ2n) is 25.3.